The average molecular weight is 178 g/mol. The van der Waals surface area contributed by atoms with E-state index in [9.17, 15) is 0 Å². The van der Waals surface area contributed by atoms with Crippen molar-refractivity contribution in [3.63, 3.8) is 0 Å². The van der Waals surface area contributed by atoms with Crippen LogP contribution in [0.4, 0.5) is 0 Å². The molecule has 2 rings (SSSR count). The molecule has 0 aromatic rings. The van der Waals surface area contributed by atoms with Gasteiger partial charge in [-0.3, -0.25) is 0 Å². The van der Waals surface area contributed by atoms with Crippen molar-refractivity contribution in [2.24, 2.45) is 11.3 Å². The molecule has 2 atom stereocenters. The van der Waals surface area contributed by atoms with Gasteiger partial charge in [0.25, 0.3) is 0 Å². The molecule has 2 aliphatic carbocycles. The predicted octanol–water partition coefficient (Wildman–Crippen LogP) is 4.31. The first-order valence-corrected chi connectivity index (χ1v) is 5.93. The Balaban J connectivity index is 2.24. The van der Waals surface area contributed by atoms with E-state index < -0.39 is 0 Å². The van der Waals surface area contributed by atoms with Gasteiger partial charge < -0.3 is 0 Å². The molecule has 74 valence electrons. The quantitative estimate of drug-likeness (QED) is 0.485. The number of allylic oxidation sites excluding steroid dienone is 2. The van der Waals surface area contributed by atoms with E-state index in [-0.39, 0.29) is 0 Å². The summed E-state index contributed by atoms with van der Waals surface area (Å²) >= 11 is 0. The summed E-state index contributed by atoms with van der Waals surface area (Å²) in [6.07, 6.45) is 12.6. The van der Waals surface area contributed by atoms with Gasteiger partial charge in [-0.25, -0.2) is 0 Å². The molecule has 1 unspecified atom stereocenters. The van der Waals surface area contributed by atoms with Crippen molar-refractivity contribution in [3.05, 3.63) is 11.6 Å². The molecule has 0 heterocycles. The van der Waals surface area contributed by atoms with E-state index in [1.165, 1.54) is 44.9 Å². The van der Waals surface area contributed by atoms with Gasteiger partial charge in [0.1, 0.15) is 0 Å². The van der Waals surface area contributed by atoms with Crippen molar-refractivity contribution in [1.29, 1.82) is 0 Å². The molecule has 0 heteroatoms. The summed E-state index contributed by atoms with van der Waals surface area (Å²) in [7, 11) is 0. The minimum Gasteiger partial charge on any atom is -0.0879 e. The van der Waals surface area contributed by atoms with Crippen molar-refractivity contribution in [2.45, 2.75) is 58.8 Å². The summed E-state index contributed by atoms with van der Waals surface area (Å²) in [6.45, 7) is 4.75. The van der Waals surface area contributed by atoms with Gasteiger partial charge in [-0.2, -0.15) is 0 Å². The smallest absolute Gasteiger partial charge is 0.00883 e. The summed E-state index contributed by atoms with van der Waals surface area (Å²) in [4.78, 5) is 0. The lowest BCUT2D eigenvalue weighted by Gasteiger charge is -2.47. The Hall–Kier alpha value is -0.260. The van der Waals surface area contributed by atoms with Gasteiger partial charge in [0.15, 0.2) is 0 Å². The van der Waals surface area contributed by atoms with Crippen LogP contribution >= 0.6 is 0 Å². The van der Waals surface area contributed by atoms with E-state index in [0.717, 1.165) is 5.92 Å². The Bertz CT molecular complexity index is 212. The van der Waals surface area contributed by atoms with Crippen LogP contribution in [0.5, 0.6) is 0 Å². The summed E-state index contributed by atoms with van der Waals surface area (Å²) < 4.78 is 0. The SMILES string of the molecule is C/C=C1/CCCC2CCCC[C@]12C. The predicted molar refractivity (Wildman–Crippen MR) is 57.7 cm³/mol. The molecule has 0 aromatic carbocycles. The Morgan fingerprint density at radius 2 is 2.00 bits per heavy atom. The zero-order valence-electron chi connectivity index (χ0n) is 9.10. The van der Waals surface area contributed by atoms with Gasteiger partial charge in [0, 0.05) is 0 Å². The summed E-state index contributed by atoms with van der Waals surface area (Å²) in [5.74, 6) is 1.01. The molecular weight excluding hydrogens is 156 g/mol. The van der Waals surface area contributed by atoms with Crippen LogP contribution in [0, 0.1) is 11.3 Å². The van der Waals surface area contributed by atoms with Gasteiger partial charge in [0.2, 0.25) is 0 Å². The molecule has 2 fully saturated rings. The highest BCUT2D eigenvalue weighted by Gasteiger charge is 2.40. The lowest BCUT2D eigenvalue weighted by molar-refractivity contribution is 0.119. The highest BCUT2D eigenvalue weighted by molar-refractivity contribution is 5.18. The van der Waals surface area contributed by atoms with Crippen molar-refractivity contribution in [1.82, 2.24) is 0 Å². The van der Waals surface area contributed by atoms with Gasteiger partial charge in [-0.15, -0.1) is 0 Å². The van der Waals surface area contributed by atoms with Crippen molar-refractivity contribution < 1.29 is 0 Å². The lowest BCUT2D eigenvalue weighted by Crippen LogP contribution is -2.35. The highest BCUT2D eigenvalue weighted by Crippen LogP contribution is 2.52. The highest BCUT2D eigenvalue weighted by atomic mass is 14.5. The van der Waals surface area contributed by atoms with Crippen molar-refractivity contribution in [3.8, 4) is 0 Å². The molecule has 0 aliphatic heterocycles. The Morgan fingerprint density at radius 3 is 2.77 bits per heavy atom. The second kappa shape index (κ2) is 3.48. The zero-order chi connectivity index (χ0) is 9.31. The summed E-state index contributed by atoms with van der Waals surface area (Å²) in [6, 6.07) is 0. The fourth-order valence-electron chi connectivity index (χ4n) is 3.59. The molecule has 2 saturated carbocycles. The van der Waals surface area contributed by atoms with Crippen LogP contribution in [-0.2, 0) is 0 Å². The molecule has 0 saturated heterocycles. The standard InChI is InChI=1S/C13H22/c1-3-11-8-6-9-12-7-4-5-10-13(11,12)2/h3,12H,4-10H2,1-2H3/b11-3-/t12?,13-/m1/s1. The van der Waals surface area contributed by atoms with Gasteiger partial charge in [-0.05, 0) is 50.4 Å². The maximum atomic E-state index is 2.52. The largest absolute Gasteiger partial charge is 0.0879 e. The molecule has 0 N–H and O–H groups in total. The minimum atomic E-state index is 0.602. The molecular formula is C13H22. The molecule has 2 aliphatic rings. The zero-order valence-corrected chi connectivity index (χ0v) is 9.10. The maximum absolute atomic E-state index is 2.52. The number of rotatable bonds is 0. The van der Waals surface area contributed by atoms with Crippen LogP contribution in [0.25, 0.3) is 0 Å². The third-order valence-corrected chi connectivity index (χ3v) is 4.48. The van der Waals surface area contributed by atoms with Crippen LogP contribution in [0.2, 0.25) is 0 Å². The average Bonchev–Trinajstić information content (AvgIpc) is 2.16. The fraction of sp³-hybridized carbons (Fsp3) is 0.846. The second-order valence-corrected chi connectivity index (χ2v) is 5.07. The summed E-state index contributed by atoms with van der Waals surface area (Å²) in [5.41, 5.74) is 2.37. The first kappa shape index (κ1) is 9.30. The van der Waals surface area contributed by atoms with Gasteiger partial charge >= 0.3 is 0 Å². The first-order chi connectivity index (χ1) is 6.27. The van der Waals surface area contributed by atoms with Crippen molar-refractivity contribution in [2.75, 3.05) is 0 Å². The number of hydrogen-bond donors (Lipinski definition) is 0. The normalized spacial score (nSPS) is 43.2. The Labute approximate surface area is 82.4 Å². The van der Waals surface area contributed by atoms with Crippen LogP contribution in [0.15, 0.2) is 11.6 Å². The Morgan fingerprint density at radius 1 is 1.23 bits per heavy atom. The molecule has 0 spiro atoms. The summed E-state index contributed by atoms with van der Waals surface area (Å²) in [5, 5.41) is 0. The monoisotopic (exact) mass is 178 g/mol. The van der Waals surface area contributed by atoms with Crippen LogP contribution < -0.4 is 0 Å². The Kier molecular flexibility index (Phi) is 2.49. The van der Waals surface area contributed by atoms with Crippen molar-refractivity contribution >= 4 is 0 Å². The van der Waals surface area contributed by atoms with Crippen LogP contribution in [-0.4, -0.2) is 0 Å². The van der Waals surface area contributed by atoms with Gasteiger partial charge in [-0.1, -0.05) is 31.4 Å². The van der Waals surface area contributed by atoms with Gasteiger partial charge in [0.05, 0.1) is 0 Å². The minimum absolute atomic E-state index is 0.602. The first-order valence-electron chi connectivity index (χ1n) is 5.93. The van der Waals surface area contributed by atoms with E-state index in [1.807, 2.05) is 0 Å². The lowest BCUT2D eigenvalue weighted by atomic mass is 9.58. The maximum Gasteiger partial charge on any atom is -0.00883 e. The molecule has 0 nitrogen and oxygen atoms in total. The number of hydrogen-bond acceptors (Lipinski definition) is 0. The van der Waals surface area contributed by atoms with E-state index in [4.69, 9.17) is 0 Å². The molecule has 0 aromatic heterocycles. The third-order valence-electron chi connectivity index (χ3n) is 4.48. The molecule has 0 radical (unpaired) electrons. The van der Waals surface area contributed by atoms with E-state index in [2.05, 4.69) is 19.9 Å². The molecule has 0 amide bonds. The van der Waals surface area contributed by atoms with E-state index in [1.54, 1.807) is 5.57 Å². The molecule has 0 bridgehead atoms. The molecule has 13 heavy (non-hydrogen) atoms. The van der Waals surface area contributed by atoms with Crippen LogP contribution in [0.1, 0.15) is 58.8 Å². The fourth-order valence-corrected chi connectivity index (χ4v) is 3.59. The van der Waals surface area contributed by atoms with E-state index in [0.29, 0.717) is 5.41 Å². The topological polar surface area (TPSA) is 0 Å². The number of fused-ring (bicyclic) bond motifs is 1. The van der Waals surface area contributed by atoms with E-state index >= 15 is 0 Å². The second-order valence-electron chi connectivity index (χ2n) is 5.07. The van der Waals surface area contributed by atoms with Crippen LogP contribution in [0.3, 0.4) is 0 Å². The third kappa shape index (κ3) is 1.45.